The van der Waals surface area contributed by atoms with Crippen LogP contribution in [0.1, 0.15) is 77.7 Å². The van der Waals surface area contributed by atoms with Gasteiger partial charge in [-0.25, -0.2) is 4.79 Å². The maximum atomic E-state index is 13.0. The van der Waals surface area contributed by atoms with Gasteiger partial charge in [0.05, 0.1) is 17.9 Å². The second-order valence-corrected chi connectivity index (χ2v) is 12.8. The van der Waals surface area contributed by atoms with Crippen molar-refractivity contribution in [1.29, 1.82) is 0 Å². The number of carbonyl (C=O) groups excluding carboxylic acids is 2. The highest BCUT2D eigenvalue weighted by Crippen LogP contribution is 2.39. The van der Waals surface area contributed by atoms with Crippen LogP contribution in [0.15, 0.2) is 10.5 Å². The van der Waals surface area contributed by atoms with E-state index >= 15 is 0 Å². The standard InChI is InChI=1S/C27H34N4O3S3/c1-4-31-24(19-14-35-21-13-16(3)11-12-17(19)21)29-30-27(31)36-15-22(32)28-25-23(26(33)34-5-2)18-9-7-6-8-10-20(18)37-25/h14,16H,4-13,15H2,1-3H3,(H,28,32). The van der Waals surface area contributed by atoms with Gasteiger partial charge in [0.25, 0.3) is 0 Å². The number of aromatic nitrogens is 3. The quantitative estimate of drug-likeness (QED) is 0.196. The maximum Gasteiger partial charge on any atom is 0.341 e. The van der Waals surface area contributed by atoms with E-state index in [1.54, 1.807) is 0 Å². The summed E-state index contributed by atoms with van der Waals surface area (Å²) in [7, 11) is 0. The first-order valence-electron chi connectivity index (χ1n) is 13.3. The van der Waals surface area contributed by atoms with Gasteiger partial charge >= 0.3 is 5.97 Å². The first-order valence-corrected chi connectivity index (χ1v) is 15.9. The number of esters is 1. The maximum absolute atomic E-state index is 13.0. The minimum Gasteiger partial charge on any atom is -0.462 e. The Labute approximate surface area is 230 Å². The van der Waals surface area contributed by atoms with Gasteiger partial charge < -0.3 is 14.6 Å². The zero-order valence-electron chi connectivity index (χ0n) is 21.7. The molecule has 2 aliphatic rings. The summed E-state index contributed by atoms with van der Waals surface area (Å²) in [5.41, 5.74) is 4.23. The zero-order chi connectivity index (χ0) is 25.9. The van der Waals surface area contributed by atoms with Crippen LogP contribution in [0.5, 0.6) is 0 Å². The number of nitrogens with zero attached hydrogens (tertiary/aromatic N) is 3. The minimum atomic E-state index is -0.339. The van der Waals surface area contributed by atoms with Crippen LogP contribution < -0.4 is 5.32 Å². The van der Waals surface area contributed by atoms with Crippen molar-refractivity contribution in [1.82, 2.24) is 14.8 Å². The summed E-state index contributed by atoms with van der Waals surface area (Å²) >= 11 is 4.74. The molecule has 0 radical (unpaired) electrons. The molecule has 2 aliphatic carbocycles. The number of amides is 1. The van der Waals surface area contributed by atoms with E-state index in [2.05, 4.69) is 39.3 Å². The number of rotatable bonds is 8. The van der Waals surface area contributed by atoms with E-state index in [1.165, 1.54) is 50.4 Å². The van der Waals surface area contributed by atoms with Crippen molar-refractivity contribution >= 4 is 51.3 Å². The molecule has 1 atom stereocenters. The number of fused-ring (bicyclic) bond motifs is 2. The molecule has 3 heterocycles. The Morgan fingerprint density at radius 1 is 1.14 bits per heavy atom. The third-order valence-electron chi connectivity index (χ3n) is 7.16. The van der Waals surface area contributed by atoms with Gasteiger partial charge in [0, 0.05) is 27.2 Å². The van der Waals surface area contributed by atoms with E-state index in [4.69, 9.17) is 4.74 Å². The molecule has 3 aromatic rings. The SMILES string of the molecule is CCOC(=O)c1c(NC(=O)CSc2nnc(-c3csc4c3CCC(C)C4)n2CC)sc2c1CCCCC2. The normalized spacial score (nSPS) is 17.1. The molecule has 7 nitrogen and oxygen atoms in total. The molecule has 0 fully saturated rings. The molecule has 1 N–H and O–H groups in total. The van der Waals surface area contributed by atoms with Gasteiger partial charge in [-0.2, -0.15) is 0 Å². The third kappa shape index (κ3) is 5.52. The lowest BCUT2D eigenvalue weighted by Gasteiger charge is -2.19. The molecule has 0 aromatic carbocycles. The number of hydrogen-bond donors (Lipinski definition) is 1. The van der Waals surface area contributed by atoms with Gasteiger partial charge in [0.1, 0.15) is 5.00 Å². The van der Waals surface area contributed by atoms with Crippen molar-refractivity contribution in [3.05, 3.63) is 31.8 Å². The highest BCUT2D eigenvalue weighted by Gasteiger charge is 2.27. The summed E-state index contributed by atoms with van der Waals surface area (Å²) in [6.45, 7) is 7.26. The van der Waals surface area contributed by atoms with Crippen LogP contribution >= 0.6 is 34.4 Å². The monoisotopic (exact) mass is 558 g/mol. The molecule has 0 spiro atoms. The Morgan fingerprint density at radius 2 is 1.97 bits per heavy atom. The van der Waals surface area contributed by atoms with Crippen LogP contribution in [0.3, 0.4) is 0 Å². The molecule has 1 unspecified atom stereocenters. The van der Waals surface area contributed by atoms with E-state index in [0.29, 0.717) is 17.2 Å². The predicted molar refractivity (Wildman–Crippen MR) is 151 cm³/mol. The molecule has 198 valence electrons. The number of thiophene rings is 2. The van der Waals surface area contributed by atoms with Crippen LogP contribution in [0.25, 0.3) is 11.4 Å². The summed E-state index contributed by atoms with van der Waals surface area (Å²) < 4.78 is 7.46. The van der Waals surface area contributed by atoms with Gasteiger partial charge in [-0.15, -0.1) is 32.9 Å². The third-order valence-corrected chi connectivity index (χ3v) is 10.4. The molecule has 10 heteroatoms. The average molecular weight is 559 g/mol. The lowest BCUT2D eigenvalue weighted by Crippen LogP contribution is -2.17. The summed E-state index contributed by atoms with van der Waals surface area (Å²) in [5, 5.41) is 15.6. The first kappa shape index (κ1) is 26.4. The number of thioether (sulfide) groups is 1. The van der Waals surface area contributed by atoms with Crippen molar-refractivity contribution in [2.75, 3.05) is 17.7 Å². The van der Waals surface area contributed by atoms with E-state index in [0.717, 1.165) is 74.0 Å². The molecule has 0 saturated carbocycles. The highest BCUT2D eigenvalue weighted by molar-refractivity contribution is 7.99. The topological polar surface area (TPSA) is 86.1 Å². The van der Waals surface area contributed by atoms with Crippen molar-refractivity contribution < 1.29 is 14.3 Å². The molecule has 3 aromatic heterocycles. The number of anilines is 1. The fourth-order valence-corrected chi connectivity index (χ4v) is 8.63. The summed E-state index contributed by atoms with van der Waals surface area (Å²) in [6, 6.07) is 0. The number of nitrogens with one attached hydrogen (secondary N) is 1. The highest BCUT2D eigenvalue weighted by atomic mass is 32.2. The van der Waals surface area contributed by atoms with Gasteiger partial charge in [0.15, 0.2) is 11.0 Å². The van der Waals surface area contributed by atoms with Crippen molar-refractivity contribution in [3.8, 4) is 11.4 Å². The smallest absolute Gasteiger partial charge is 0.341 e. The van der Waals surface area contributed by atoms with Crippen molar-refractivity contribution in [2.45, 2.75) is 83.8 Å². The van der Waals surface area contributed by atoms with Crippen LogP contribution in [0.2, 0.25) is 0 Å². The molecule has 1 amide bonds. The zero-order valence-corrected chi connectivity index (χ0v) is 24.2. The van der Waals surface area contributed by atoms with Gasteiger partial charge in [-0.3, -0.25) is 4.79 Å². The van der Waals surface area contributed by atoms with E-state index < -0.39 is 0 Å². The lowest BCUT2D eigenvalue weighted by atomic mass is 9.88. The van der Waals surface area contributed by atoms with Crippen LogP contribution in [0, 0.1) is 5.92 Å². The summed E-state index contributed by atoms with van der Waals surface area (Å²) in [6.07, 6.45) is 8.57. The Kier molecular flexibility index (Phi) is 8.36. The van der Waals surface area contributed by atoms with Gasteiger partial charge in [0.2, 0.25) is 5.91 Å². The Bertz CT molecular complexity index is 1290. The fourth-order valence-electron chi connectivity index (χ4n) is 5.29. The molecular weight excluding hydrogens is 525 g/mol. The van der Waals surface area contributed by atoms with Crippen LogP contribution in [-0.4, -0.2) is 39.0 Å². The molecule has 0 aliphatic heterocycles. The van der Waals surface area contributed by atoms with Crippen LogP contribution in [-0.2, 0) is 41.8 Å². The van der Waals surface area contributed by atoms with Crippen molar-refractivity contribution in [2.24, 2.45) is 5.92 Å². The average Bonchev–Trinajstić information content (AvgIpc) is 3.52. The summed E-state index contributed by atoms with van der Waals surface area (Å²) in [5.74, 6) is 1.33. The second-order valence-electron chi connectivity index (χ2n) is 9.78. The molecular formula is C27H34N4O3S3. The molecule has 0 bridgehead atoms. The lowest BCUT2D eigenvalue weighted by molar-refractivity contribution is -0.113. The van der Waals surface area contributed by atoms with Gasteiger partial charge in [-0.1, -0.05) is 25.1 Å². The Hall–Kier alpha value is -2.17. The molecule has 37 heavy (non-hydrogen) atoms. The molecule has 0 saturated heterocycles. The number of ether oxygens (including phenoxy) is 1. The minimum absolute atomic E-state index is 0.152. The fraction of sp³-hybridized carbons (Fsp3) is 0.556. The predicted octanol–water partition coefficient (Wildman–Crippen LogP) is 6.39. The van der Waals surface area contributed by atoms with Gasteiger partial charge in [-0.05, 0) is 75.8 Å². The second kappa shape index (κ2) is 11.7. The van der Waals surface area contributed by atoms with E-state index in [-0.39, 0.29) is 17.6 Å². The Balaban J connectivity index is 1.31. The summed E-state index contributed by atoms with van der Waals surface area (Å²) in [4.78, 5) is 28.5. The number of carbonyl (C=O) groups is 2. The number of hydrogen-bond acceptors (Lipinski definition) is 8. The van der Waals surface area contributed by atoms with Crippen molar-refractivity contribution in [3.63, 3.8) is 0 Å². The first-order chi connectivity index (χ1) is 18.0. The van der Waals surface area contributed by atoms with E-state index in [9.17, 15) is 9.59 Å². The van der Waals surface area contributed by atoms with Crippen LogP contribution in [0.4, 0.5) is 5.00 Å². The molecule has 5 rings (SSSR count). The Morgan fingerprint density at radius 3 is 2.78 bits per heavy atom. The largest absolute Gasteiger partial charge is 0.462 e. The van der Waals surface area contributed by atoms with E-state index in [1.807, 2.05) is 18.3 Å². The number of aryl methyl sites for hydroxylation is 1.